The monoisotopic (exact) mass is 298 g/mol. The van der Waals surface area contributed by atoms with E-state index in [1.54, 1.807) is 0 Å². The van der Waals surface area contributed by atoms with Gasteiger partial charge in [0.15, 0.2) is 0 Å². The maximum absolute atomic E-state index is 10.3. The van der Waals surface area contributed by atoms with Crippen molar-refractivity contribution in [2.75, 3.05) is 6.61 Å². The minimum atomic E-state index is -0.613. The molecule has 0 unspecified atom stereocenters. The maximum Gasteiger partial charge on any atom is 0.122 e. The highest BCUT2D eigenvalue weighted by Crippen LogP contribution is 2.30. The van der Waals surface area contributed by atoms with E-state index < -0.39 is 5.60 Å². The highest BCUT2D eigenvalue weighted by Gasteiger charge is 2.30. The molecule has 1 aliphatic rings. The van der Waals surface area contributed by atoms with E-state index in [-0.39, 0.29) is 0 Å². The number of benzene rings is 1. The number of hydrogen-bond acceptors (Lipinski definition) is 2. The van der Waals surface area contributed by atoms with Gasteiger partial charge in [0.25, 0.3) is 0 Å². The van der Waals surface area contributed by atoms with E-state index in [2.05, 4.69) is 15.9 Å². The third kappa shape index (κ3) is 3.46. The fraction of sp³-hybridized carbons (Fsp3) is 0.571. The normalized spacial score (nSPS) is 19.0. The molecule has 17 heavy (non-hydrogen) atoms. The second kappa shape index (κ2) is 5.40. The Hall–Kier alpha value is -0.540. The Bertz CT molecular complexity index is 384. The van der Waals surface area contributed by atoms with Gasteiger partial charge in [-0.3, -0.25) is 0 Å². The van der Waals surface area contributed by atoms with E-state index in [1.165, 1.54) is 6.42 Å². The zero-order valence-electron chi connectivity index (χ0n) is 10.2. The Morgan fingerprint density at radius 3 is 2.65 bits per heavy atom. The van der Waals surface area contributed by atoms with Crippen molar-refractivity contribution in [1.82, 2.24) is 0 Å². The number of aryl methyl sites for hydroxylation is 1. The summed E-state index contributed by atoms with van der Waals surface area (Å²) < 4.78 is 6.82. The van der Waals surface area contributed by atoms with Gasteiger partial charge in [-0.25, -0.2) is 0 Å². The van der Waals surface area contributed by atoms with Gasteiger partial charge in [-0.15, -0.1) is 0 Å². The van der Waals surface area contributed by atoms with Crippen LogP contribution >= 0.6 is 15.9 Å². The van der Waals surface area contributed by atoms with Gasteiger partial charge >= 0.3 is 0 Å². The summed E-state index contributed by atoms with van der Waals surface area (Å²) in [5.74, 6) is 0.868. The number of hydrogen-bond donors (Lipinski definition) is 1. The first-order chi connectivity index (χ1) is 8.09. The summed E-state index contributed by atoms with van der Waals surface area (Å²) in [5.41, 5.74) is 0.483. The van der Waals surface area contributed by atoms with Crippen LogP contribution in [0.3, 0.4) is 0 Å². The second-order valence-corrected chi connectivity index (χ2v) is 5.90. The number of ether oxygens (including phenoxy) is 1. The summed E-state index contributed by atoms with van der Waals surface area (Å²) in [6.07, 6.45) is 5.18. The van der Waals surface area contributed by atoms with Crippen LogP contribution in [0.25, 0.3) is 0 Å². The van der Waals surface area contributed by atoms with E-state index in [4.69, 9.17) is 4.74 Å². The van der Waals surface area contributed by atoms with Crippen LogP contribution in [-0.2, 0) is 0 Å². The predicted octanol–water partition coefficient (Wildman–Crippen LogP) is 3.83. The average Bonchev–Trinajstić information content (AvgIpc) is 2.29. The zero-order chi connectivity index (χ0) is 12.3. The fourth-order valence-electron chi connectivity index (χ4n) is 2.34. The molecule has 1 aliphatic carbocycles. The molecule has 2 nitrogen and oxygen atoms in total. The molecule has 0 heterocycles. The van der Waals surface area contributed by atoms with Gasteiger partial charge in [0.05, 0.1) is 5.60 Å². The van der Waals surface area contributed by atoms with Gasteiger partial charge in [-0.2, -0.15) is 0 Å². The maximum atomic E-state index is 10.3. The van der Waals surface area contributed by atoms with Gasteiger partial charge in [0, 0.05) is 4.47 Å². The molecule has 1 aromatic rings. The lowest BCUT2D eigenvalue weighted by atomic mass is 9.85. The highest BCUT2D eigenvalue weighted by molar-refractivity contribution is 9.10. The summed E-state index contributed by atoms with van der Waals surface area (Å²) in [6.45, 7) is 2.43. The minimum absolute atomic E-state index is 0.412. The largest absolute Gasteiger partial charge is 0.490 e. The van der Waals surface area contributed by atoms with E-state index in [0.29, 0.717) is 6.61 Å². The minimum Gasteiger partial charge on any atom is -0.490 e. The van der Waals surface area contributed by atoms with E-state index in [1.807, 2.05) is 25.1 Å². The Morgan fingerprint density at radius 2 is 2.00 bits per heavy atom. The lowest BCUT2D eigenvalue weighted by Gasteiger charge is -2.31. The summed E-state index contributed by atoms with van der Waals surface area (Å²) >= 11 is 3.43. The highest BCUT2D eigenvalue weighted by atomic mass is 79.9. The summed E-state index contributed by atoms with van der Waals surface area (Å²) in [5, 5.41) is 10.3. The molecule has 0 aliphatic heterocycles. The molecule has 0 saturated heterocycles. The van der Waals surface area contributed by atoms with Crippen LogP contribution in [0, 0.1) is 6.92 Å². The van der Waals surface area contributed by atoms with Crippen molar-refractivity contribution in [3.63, 3.8) is 0 Å². The molecule has 94 valence electrons. The van der Waals surface area contributed by atoms with Crippen molar-refractivity contribution in [2.24, 2.45) is 0 Å². The molecular formula is C14H19BrO2. The first-order valence-electron chi connectivity index (χ1n) is 6.20. The zero-order valence-corrected chi connectivity index (χ0v) is 11.8. The number of rotatable bonds is 3. The van der Waals surface area contributed by atoms with Gasteiger partial charge < -0.3 is 9.84 Å². The predicted molar refractivity (Wildman–Crippen MR) is 72.4 cm³/mol. The molecule has 1 saturated carbocycles. The standard InChI is InChI=1S/C14H19BrO2/c1-11-9-12(15)5-6-13(11)17-10-14(16)7-3-2-4-8-14/h5-6,9,16H,2-4,7-8,10H2,1H3. The topological polar surface area (TPSA) is 29.5 Å². The van der Waals surface area contributed by atoms with Gasteiger partial charge in [0.2, 0.25) is 0 Å². The molecule has 0 bridgehead atoms. The van der Waals surface area contributed by atoms with Gasteiger partial charge in [0.1, 0.15) is 12.4 Å². The molecule has 0 aromatic heterocycles. The molecule has 0 spiro atoms. The lowest BCUT2D eigenvalue weighted by molar-refractivity contribution is -0.0340. The van der Waals surface area contributed by atoms with Crippen LogP contribution < -0.4 is 4.74 Å². The third-order valence-electron chi connectivity index (χ3n) is 3.42. The van der Waals surface area contributed by atoms with Crippen LogP contribution in [0.1, 0.15) is 37.7 Å². The third-order valence-corrected chi connectivity index (χ3v) is 3.91. The molecule has 2 rings (SSSR count). The summed E-state index contributed by atoms with van der Waals surface area (Å²) in [4.78, 5) is 0. The van der Waals surface area contributed by atoms with Crippen molar-refractivity contribution in [1.29, 1.82) is 0 Å². The molecule has 0 atom stereocenters. The van der Waals surface area contributed by atoms with E-state index >= 15 is 0 Å². The molecule has 1 aromatic carbocycles. The second-order valence-electron chi connectivity index (χ2n) is 4.98. The number of aliphatic hydroxyl groups is 1. The van der Waals surface area contributed by atoms with E-state index in [0.717, 1.165) is 41.5 Å². The smallest absolute Gasteiger partial charge is 0.122 e. The summed E-state index contributed by atoms with van der Waals surface area (Å²) in [6, 6.07) is 5.94. The van der Waals surface area contributed by atoms with Crippen LogP contribution in [-0.4, -0.2) is 17.3 Å². The Balaban J connectivity index is 1.97. The fourth-order valence-corrected chi connectivity index (χ4v) is 2.82. The quantitative estimate of drug-likeness (QED) is 0.919. The van der Waals surface area contributed by atoms with Crippen molar-refractivity contribution >= 4 is 15.9 Å². The SMILES string of the molecule is Cc1cc(Br)ccc1OCC1(O)CCCCC1. The Labute approximate surface area is 111 Å². The van der Waals surface area contributed by atoms with Crippen molar-refractivity contribution in [3.05, 3.63) is 28.2 Å². The van der Waals surface area contributed by atoms with Gasteiger partial charge in [-0.1, -0.05) is 35.2 Å². The molecule has 1 fully saturated rings. The van der Waals surface area contributed by atoms with Crippen LogP contribution in [0.5, 0.6) is 5.75 Å². The van der Waals surface area contributed by atoms with Crippen molar-refractivity contribution in [2.45, 2.75) is 44.6 Å². The Morgan fingerprint density at radius 1 is 1.29 bits per heavy atom. The first-order valence-corrected chi connectivity index (χ1v) is 7.00. The van der Waals surface area contributed by atoms with E-state index in [9.17, 15) is 5.11 Å². The van der Waals surface area contributed by atoms with Crippen LogP contribution in [0.4, 0.5) is 0 Å². The first kappa shape index (κ1) is 12.9. The molecule has 3 heteroatoms. The number of halogens is 1. The van der Waals surface area contributed by atoms with Crippen molar-refractivity contribution in [3.8, 4) is 5.75 Å². The Kier molecular flexibility index (Phi) is 4.10. The molecule has 0 amide bonds. The van der Waals surface area contributed by atoms with Crippen LogP contribution in [0.2, 0.25) is 0 Å². The van der Waals surface area contributed by atoms with Crippen molar-refractivity contribution < 1.29 is 9.84 Å². The lowest BCUT2D eigenvalue weighted by Crippen LogP contribution is -2.38. The molecular weight excluding hydrogens is 280 g/mol. The summed E-state index contributed by atoms with van der Waals surface area (Å²) in [7, 11) is 0. The van der Waals surface area contributed by atoms with Crippen LogP contribution in [0.15, 0.2) is 22.7 Å². The van der Waals surface area contributed by atoms with Gasteiger partial charge in [-0.05, 0) is 43.5 Å². The molecule has 0 radical (unpaired) electrons. The molecule has 1 N–H and O–H groups in total. The average molecular weight is 299 g/mol.